The minimum absolute atomic E-state index is 0.553. The minimum atomic E-state index is 0.553. The molecule has 1 heterocycles. The van der Waals surface area contributed by atoms with Crippen molar-refractivity contribution >= 4 is 11.3 Å². The van der Waals surface area contributed by atoms with Crippen LogP contribution in [0.2, 0.25) is 0 Å². The molecule has 0 bridgehead atoms. The van der Waals surface area contributed by atoms with E-state index in [2.05, 4.69) is 31.0 Å². The summed E-state index contributed by atoms with van der Waals surface area (Å²) in [6.07, 6.45) is 0.831. The summed E-state index contributed by atoms with van der Waals surface area (Å²) < 4.78 is 5.76. The highest BCUT2D eigenvalue weighted by molar-refractivity contribution is 7.11. The van der Waals surface area contributed by atoms with Gasteiger partial charge in [0.15, 0.2) is 0 Å². The smallest absolute Gasteiger partial charge is 0.119 e. The van der Waals surface area contributed by atoms with Crippen molar-refractivity contribution in [3.05, 3.63) is 45.4 Å². The number of ether oxygens (including phenoxy) is 1. The summed E-state index contributed by atoms with van der Waals surface area (Å²) >= 11 is 1.68. The van der Waals surface area contributed by atoms with Crippen molar-refractivity contribution < 1.29 is 4.74 Å². The average molecular weight is 290 g/mol. The van der Waals surface area contributed by atoms with E-state index in [0.29, 0.717) is 19.1 Å². The SMILES string of the molecule is Cc1nc(CCOc2ccc(C(C)C)cc2)sc1CN. The van der Waals surface area contributed by atoms with Crippen molar-refractivity contribution in [2.75, 3.05) is 6.61 Å². The van der Waals surface area contributed by atoms with Crippen LogP contribution in [-0.4, -0.2) is 11.6 Å². The molecule has 0 unspecified atom stereocenters. The molecular formula is C16H22N2OS. The topological polar surface area (TPSA) is 48.1 Å². The molecular weight excluding hydrogens is 268 g/mol. The number of benzene rings is 1. The Labute approximate surface area is 124 Å². The Balaban J connectivity index is 1.86. The second-order valence-electron chi connectivity index (χ2n) is 5.14. The van der Waals surface area contributed by atoms with Crippen LogP contribution in [0.5, 0.6) is 5.75 Å². The molecule has 2 aromatic rings. The molecule has 0 aliphatic rings. The van der Waals surface area contributed by atoms with E-state index >= 15 is 0 Å². The van der Waals surface area contributed by atoms with Crippen LogP contribution in [0.1, 0.15) is 40.9 Å². The summed E-state index contributed by atoms with van der Waals surface area (Å²) in [7, 11) is 0. The number of aryl methyl sites for hydroxylation is 1. The van der Waals surface area contributed by atoms with Gasteiger partial charge in [0.2, 0.25) is 0 Å². The van der Waals surface area contributed by atoms with Gasteiger partial charge < -0.3 is 10.5 Å². The quantitative estimate of drug-likeness (QED) is 0.883. The van der Waals surface area contributed by atoms with E-state index in [9.17, 15) is 0 Å². The molecule has 0 spiro atoms. The Hall–Kier alpha value is -1.39. The second-order valence-corrected chi connectivity index (χ2v) is 6.31. The number of rotatable bonds is 6. The molecule has 1 aromatic heterocycles. The van der Waals surface area contributed by atoms with E-state index in [0.717, 1.165) is 22.9 Å². The van der Waals surface area contributed by atoms with Crippen LogP contribution in [0.15, 0.2) is 24.3 Å². The Kier molecular flexibility index (Phi) is 5.15. The first kappa shape index (κ1) is 15.0. The molecule has 0 aliphatic carbocycles. The van der Waals surface area contributed by atoms with Gasteiger partial charge in [0, 0.05) is 17.8 Å². The third-order valence-electron chi connectivity index (χ3n) is 3.25. The van der Waals surface area contributed by atoms with Gasteiger partial charge in [-0.15, -0.1) is 11.3 Å². The molecule has 2 N–H and O–H groups in total. The number of nitrogens with zero attached hydrogens (tertiary/aromatic N) is 1. The lowest BCUT2D eigenvalue weighted by molar-refractivity contribution is 0.321. The summed E-state index contributed by atoms with van der Waals surface area (Å²) in [5, 5.41) is 1.10. The number of hydrogen-bond acceptors (Lipinski definition) is 4. The van der Waals surface area contributed by atoms with Gasteiger partial charge in [-0.1, -0.05) is 26.0 Å². The molecule has 0 aliphatic heterocycles. The van der Waals surface area contributed by atoms with Gasteiger partial charge in [0.25, 0.3) is 0 Å². The van der Waals surface area contributed by atoms with E-state index in [1.165, 1.54) is 10.4 Å². The van der Waals surface area contributed by atoms with Crippen LogP contribution in [0.4, 0.5) is 0 Å². The molecule has 0 saturated carbocycles. The monoisotopic (exact) mass is 290 g/mol. The summed E-state index contributed by atoms with van der Waals surface area (Å²) in [6.45, 7) is 7.61. The van der Waals surface area contributed by atoms with Gasteiger partial charge in [0.1, 0.15) is 5.75 Å². The first-order chi connectivity index (χ1) is 9.60. The summed E-state index contributed by atoms with van der Waals surface area (Å²) in [4.78, 5) is 5.68. The molecule has 2 rings (SSSR count). The molecule has 0 fully saturated rings. The van der Waals surface area contributed by atoms with E-state index in [-0.39, 0.29) is 0 Å². The van der Waals surface area contributed by atoms with Gasteiger partial charge in [0.05, 0.1) is 17.3 Å². The van der Waals surface area contributed by atoms with Crippen molar-refractivity contribution in [1.82, 2.24) is 4.98 Å². The number of hydrogen-bond donors (Lipinski definition) is 1. The Bertz CT molecular complexity index is 546. The first-order valence-corrected chi connectivity index (χ1v) is 7.79. The molecule has 108 valence electrons. The Morgan fingerprint density at radius 3 is 2.50 bits per heavy atom. The molecule has 3 nitrogen and oxygen atoms in total. The van der Waals surface area contributed by atoms with Crippen molar-refractivity contribution in [3.63, 3.8) is 0 Å². The van der Waals surface area contributed by atoms with Crippen molar-refractivity contribution in [2.45, 2.75) is 39.7 Å². The fraction of sp³-hybridized carbons (Fsp3) is 0.438. The molecule has 0 saturated heterocycles. The van der Waals surface area contributed by atoms with E-state index in [1.54, 1.807) is 11.3 Å². The Morgan fingerprint density at radius 1 is 1.25 bits per heavy atom. The van der Waals surface area contributed by atoms with E-state index in [1.807, 2.05) is 19.1 Å². The highest BCUT2D eigenvalue weighted by Crippen LogP contribution is 2.20. The lowest BCUT2D eigenvalue weighted by atomic mass is 10.0. The molecule has 0 atom stereocenters. The summed E-state index contributed by atoms with van der Waals surface area (Å²) in [5.41, 5.74) is 8.04. The molecule has 0 amide bonds. The van der Waals surface area contributed by atoms with Crippen LogP contribution in [0, 0.1) is 6.92 Å². The van der Waals surface area contributed by atoms with Crippen LogP contribution in [0.3, 0.4) is 0 Å². The van der Waals surface area contributed by atoms with Gasteiger partial charge >= 0.3 is 0 Å². The van der Waals surface area contributed by atoms with Crippen molar-refractivity contribution in [3.8, 4) is 5.75 Å². The van der Waals surface area contributed by atoms with Crippen LogP contribution >= 0.6 is 11.3 Å². The minimum Gasteiger partial charge on any atom is -0.493 e. The number of aromatic nitrogens is 1. The second kappa shape index (κ2) is 6.86. The third kappa shape index (κ3) is 3.81. The maximum absolute atomic E-state index is 5.76. The first-order valence-electron chi connectivity index (χ1n) is 6.98. The Morgan fingerprint density at radius 2 is 1.95 bits per heavy atom. The standard InChI is InChI=1S/C16H22N2OS/c1-11(2)13-4-6-14(7-5-13)19-9-8-16-18-12(3)15(10-17)20-16/h4-7,11H,8-10,17H2,1-3H3. The van der Waals surface area contributed by atoms with E-state index < -0.39 is 0 Å². The fourth-order valence-electron chi connectivity index (χ4n) is 1.99. The highest BCUT2D eigenvalue weighted by Gasteiger charge is 2.06. The van der Waals surface area contributed by atoms with Gasteiger partial charge in [-0.05, 0) is 30.5 Å². The lowest BCUT2D eigenvalue weighted by Crippen LogP contribution is -2.01. The summed E-state index contributed by atoms with van der Waals surface area (Å²) in [5.74, 6) is 1.47. The third-order valence-corrected chi connectivity index (χ3v) is 4.49. The number of thiazole rings is 1. The average Bonchev–Trinajstić information content (AvgIpc) is 2.79. The number of nitrogens with two attached hydrogens (primary N) is 1. The maximum atomic E-state index is 5.76. The zero-order chi connectivity index (χ0) is 14.5. The largest absolute Gasteiger partial charge is 0.493 e. The van der Waals surface area contributed by atoms with Crippen LogP contribution in [0.25, 0.3) is 0 Å². The van der Waals surface area contributed by atoms with Gasteiger partial charge in [-0.3, -0.25) is 0 Å². The fourth-order valence-corrected chi connectivity index (χ4v) is 2.92. The molecule has 4 heteroatoms. The van der Waals surface area contributed by atoms with Gasteiger partial charge in [-0.2, -0.15) is 0 Å². The zero-order valence-corrected chi connectivity index (χ0v) is 13.2. The lowest BCUT2D eigenvalue weighted by Gasteiger charge is -2.08. The zero-order valence-electron chi connectivity index (χ0n) is 12.3. The molecule has 0 radical (unpaired) electrons. The predicted molar refractivity (Wildman–Crippen MR) is 84.5 cm³/mol. The normalized spacial score (nSPS) is 11.1. The van der Waals surface area contributed by atoms with Crippen molar-refractivity contribution in [2.24, 2.45) is 5.73 Å². The van der Waals surface area contributed by atoms with Crippen LogP contribution in [-0.2, 0) is 13.0 Å². The van der Waals surface area contributed by atoms with E-state index in [4.69, 9.17) is 10.5 Å². The van der Waals surface area contributed by atoms with Crippen LogP contribution < -0.4 is 10.5 Å². The highest BCUT2D eigenvalue weighted by atomic mass is 32.1. The predicted octanol–water partition coefficient (Wildman–Crippen LogP) is 3.66. The van der Waals surface area contributed by atoms with Gasteiger partial charge in [-0.25, -0.2) is 4.98 Å². The molecule has 20 heavy (non-hydrogen) atoms. The maximum Gasteiger partial charge on any atom is 0.119 e. The summed E-state index contributed by atoms with van der Waals surface area (Å²) in [6, 6.07) is 8.32. The van der Waals surface area contributed by atoms with Crippen molar-refractivity contribution in [1.29, 1.82) is 0 Å². The molecule has 1 aromatic carbocycles.